The molecule has 0 fully saturated rings. The summed E-state index contributed by atoms with van der Waals surface area (Å²) in [4.78, 5) is 59.4. The molecule has 1 aromatic rings. The van der Waals surface area contributed by atoms with Crippen molar-refractivity contribution in [2.45, 2.75) is 63.4 Å². The van der Waals surface area contributed by atoms with Gasteiger partial charge < -0.3 is 42.1 Å². The van der Waals surface area contributed by atoms with E-state index in [2.05, 4.69) is 16.0 Å². The second-order valence-corrected chi connectivity index (χ2v) is 7.77. The second kappa shape index (κ2) is 13.1. The molecular formula is C21H30N4O9. The van der Waals surface area contributed by atoms with E-state index in [1.54, 1.807) is 0 Å². The molecule has 0 aliphatic rings. The summed E-state index contributed by atoms with van der Waals surface area (Å²) in [5, 5.41) is 43.7. The number of nitrogens with two attached hydrogens (primary N) is 1. The summed E-state index contributed by atoms with van der Waals surface area (Å²) >= 11 is 0. The third-order valence-corrected chi connectivity index (χ3v) is 4.81. The molecule has 13 heteroatoms. The first-order chi connectivity index (χ1) is 15.8. The number of phenolic OH excluding ortho intramolecular Hbond substituents is 1. The molecule has 188 valence electrons. The summed E-state index contributed by atoms with van der Waals surface area (Å²) in [6.07, 6.45) is -1.96. The fourth-order valence-corrected chi connectivity index (χ4v) is 2.81. The predicted molar refractivity (Wildman–Crippen MR) is 117 cm³/mol. The number of aliphatic carboxylic acids is 2. The van der Waals surface area contributed by atoms with E-state index in [1.807, 2.05) is 0 Å². The molecule has 3 amide bonds. The van der Waals surface area contributed by atoms with E-state index < -0.39 is 59.9 Å². The maximum Gasteiger partial charge on any atom is 0.328 e. The third kappa shape index (κ3) is 9.42. The molecule has 0 spiro atoms. The number of nitrogens with one attached hydrogen (secondary N) is 3. The molecule has 0 saturated carbocycles. The van der Waals surface area contributed by atoms with Gasteiger partial charge in [0.25, 0.3) is 0 Å². The number of hydrogen-bond donors (Lipinski definition) is 8. The molecular weight excluding hydrogens is 452 g/mol. The number of aliphatic hydroxyl groups is 1. The topological polar surface area (TPSA) is 228 Å². The van der Waals surface area contributed by atoms with E-state index in [0.717, 1.165) is 0 Å². The van der Waals surface area contributed by atoms with Crippen molar-refractivity contribution < 1.29 is 44.4 Å². The van der Waals surface area contributed by atoms with Crippen molar-refractivity contribution >= 4 is 29.7 Å². The van der Waals surface area contributed by atoms with Crippen molar-refractivity contribution in [1.82, 2.24) is 16.0 Å². The SMILES string of the molecule is CC(NC(=O)C(Cc1ccc(O)cc1)NC(=O)C(N)CCC(=O)O)C(=O)NC(C(=O)O)C(C)O. The van der Waals surface area contributed by atoms with E-state index in [4.69, 9.17) is 15.9 Å². The maximum absolute atomic E-state index is 12.9. The lowest BCUT2D eigenvalue weighted by molar-refractivity contribution is -0.145. The number of aromatic hydroxyl groups is 1. The lowest BCUT2D eigenvalue weighted by Crippen LogP contribution is -2.57. The highest BCUT2D eigenvalue weighted by Gasteiger charge is 2.30. The highest BCUT2D eigenvalue weighted by molar-refractivity contribution is 5.94. The molecule has 0 aliphatic carbocycles. The fourth-order valence-electron chi connectivity index (χ4n) is 2.81. The van der Waals surface area contributed by atoms with Crippen molar-refractivity contribution in [3.8, 4) is 5.75 Å². The van der Waals surface area contributed by atoms with Gasteiger partial charge in [0.1, 0.15) is 17.8 Å². The van der Waals surface area contributed by atoms with Crippen LogP contribution in [0.4, 0.5) is 0 Å². The minimum Gasteiger partial charge on any atom is -0.508 e. The molecule has 5 atom stereocenters. The number of carbonyl (C=O) groups excluding carboxylic acids is 3. The van der Waals surface area contributed by atoms with Gasteiger partial charge in [0.15, 0.2) is 6.04 Å². The van der Waals surface area contributed by atoms with Crippen molar-refractivity contribution in [3.63, 3.8) is 0 Å². The van der Waals surface area contributed by atoms with Crippen LogP contribution >= 0.6 is 0 Å². The molecule has 0 heterocycles. The number of hydrogen-bond acceptors (Lipinski definition) is 8. The predicted octanol–water partition coefficient (Wildman–Crippen LogP) is -1.93. The fraction of sp³-hybridized carbons (Fsp3) is 0.476. The van der Waals surface area contributed by atoms with Gasteiger partial charge in [-0.05, 0) is 38.0 Å². The van der Waals surface area contributed by atoms with Crippen LogP contribution in [0.2, 0.25) is 0 Å². The van der Waals surface area contributed by atoms with Gasteiger partial charge >= 0.3 is 11.9 Å². The average Bonchev–Trinajstić information content (AvgIpc) is 2.75. The van der Waals surface area contributed by atoms with Gasteiger partial charge in [0, 0.05) is 12.8 Å². The molecule has 9 N–H and O–H groups in total. The van der Waals surface area contributed by atoms with Crippen LogP contribution in [0.5, 0.6) is 5.75 Å². The Labute approximate surface area is 195 Å². The van der Waals surface area contributed by atoms with Gasteiger partial charge in [0.05, 0.1) is 12.1 Å². The van der Waals surface area contributed by atoms with Crippen molar-refractivity contribution in [2.75, 3.05) is 0 Å². The standard InChI is InChI=1S/C21H30N4O9/c1-10(18(30)25-17(11(2)26)21(33)34)23-20(32)15(9-12-3-5-13(27)6-4-12)24-19(31)14(22)7-8-16(28)29/h3-6,10-11,14-15,17,26-27H,7-9,22H2,1-2H3,(H,23,32)(H,24,31)(H,25,30)(H,28,29)(H,33,34). The smallest absolute Gasteiger partial charge is 0.328 e. The van der Waals surface area contributed by atoms with E-state index in [9.17, 15) is 34.2 Å². The molecule has 0 aromatic heterocycles. The Kier molecular flexibility index (Phi) is 10.9. The first-order valence-corrected chi connectivity index (χ1v) is 10.4. The van der Waals surface area contributed by atoms with Gasteiger partial charge in [-0.3, -0.25) is 19.2 Å². The first kappa shape index (κ1) is 28.3. The number of rotatable bonds is 13. The molecule has 34 heavy (non-hydrogen) atoms. The zero-order valence-corrected chi connectivity index (χ0v) is 18.7. The van der Waals surface area contributed by atoms with Gasteiger partial charge in [-0.2, -0.15) is 0 Å². The largest absolute Gasteiger partial charge is 0.508 e. The van der Waals surface area contributed by atoms with Gasteiger partial charge in [-0.25, -0.2) is 4.79 Å². The van der Waals surface area contributed by atoms with Crippen LogP contribution in [-0.4, -0.2) is 80.4 Å². The third-order valence-electron chi connectivity index (χ3n) is 4.81. The molecule has 1 rings (SSSR count). The number of carbonyl (C=O) groups is 5. The van der Waals surface area contributed by atoms with Crippen molar-refractivity contribution in [3.05, 3.63) is 29.8 Å². The van der Waals surface area contributed by atoms with Crippen LogP contribution in [0, 0.1) is 0 Å². The number of benzene rings is 1. The van der Waals surface area contributed by atoms with Crippen molar-refractivity contribution in [2.24, 2.45) is 5.73 Å². The Morgan fingerprint density at radius 3 is 2.00 bits per heavy atom. The van der Waals surface area contributed by atoms with Crippen molar-refractivity contribution in [1.29, 1.82) is 0 Å². The zero-order chi connectivity index (χ0) is 26.0. The number of aliphatic hydroxyl groups excluding tert-OH is 1. The summed E-state index contributed by atoms with van der Waals surface area (Å²) in [5.41, 5.74) is 6.26. The van der Waals surface area contributed by atoms with E-state index in [1.165, 1.54) is 38.1 Å². The molecule has 0 radical (unpaired) electrons. The Morgan fingerprint density at radius 2 is 1.50 bits per heavy atom. The Bertz CT molecular complexity index is 889. The maximum atomic E-state index is 12.9. The monoisotopic (exact) mass is 482 g/mol. The van der Waals surface area contributed by atoms with E-state index >= 15 is 0 Å². The van der Waals surface area contributed by atoms with Crippen LogP contribution < -0.4 is 21.7 Å². The quantitative estimate of drug-likeness (QED) is 0.155. The highest BCUT2D eigenvalue weighted by atomic mass is 16.4. The zero-order valence-electron chi connectivity index (χ0n) is 18.7. The van der Waals surface area contributed by atoms with Gasteiger partial charge in [0.2, 0.25) is 17.7 Å². The van der Waals surface area contributed by atoms with Crippen LogP contribution in [0.25, 0.3) is 0 Å². The number of amides is 3. The van der Waals surface area contributed by atoms with E-state index in [-0.39, 0.29) is 25.0 Å². The van der Waals surface area contributed by atoms with Gasteiger partial charge in [-0.15, -0.1) is 0 Å². The molecule has 0 aliphatic heterocycles. The normalized spacial score (nSPS) is 15.2. The molecule has 13 nitrogen and oxygen atoms in total. The Hall–Kier alpha value is -3.71. The number of carboxylic acids is 2. The van der Waals surface area contributed by atoms with Gasteiger partial charge in [-0.1, -0.05) is 12.1 Å². The lowest BCUT2D eigenvalue weighted by Gasteiger charge is -2.24. The summed E-state index contributed by atoms with van der Waals surface area (Å²) in [7, 11) is 0. The molecule has 0 bridgehead atoms. The number of carboxylic acid groups (broad SMARTS) is 2. The van der Waals surface area contributed by atoms with Crippen LogP contribution in [-0.2, 0) is 30.4 Å². The molecule has 0 saturated heterocycles. The second-order valence-electron chi connectivity index (χ2n) is 7.77. The van der Waals surface area contributed by atoms with Crippen LogP contribution in [0.1, 0.15) is 32.3 Å². The summed E-state index contributed by atoms with van der Waals surface area (Å²) in [6, 6.07) is 0.542. The summed E-state index contributed by atoms with van der Waals surface area (Å²) in [6.45, 7) is 2.46. The Balaban J connectivity index is 2.94. The summed E-state index contributed by atoms with van der Waals surface area (Å²) in [5.74, 6) is -5.07. The summed E-state index contributed by atoms with van der Waals surface area (Å²) < 4.78 is 0. The van der Waals surface area contributed by atoms with E-state index in [0.29, 0.717) is 5.56 Å². The minimum atomic E-state index is -1.59. The lowest BCUT2D eigenvalue weighted by atomic mass is 10.0. The Morgan fingerprint density at radius 1 is 0.912 bits per heavy atom. The molecule has 5 unspecified atom stereocenters. The average molecular weight is 482 g/mol. The van der Waals surface area contributed by atoms with Crippen LogP contribution in [0.3, 0.4) is 0 Å². The minimum absolute atomic E-state index is 0.0131. The molecule has 1 aromatic carbocycles. The first-order valence-electron chi connectivity index (χ1n) is 10.4. The highest BCUT2D eigenvalue weighted by Crippen LogP contribution is 2.12. The number of phenols is 1. The van der Waals surface area contributed by atoms with Crippen LogP contribution in [0.15, 0.2) is 24.3 Å².